The highest BCUT2D eigenvalue weighted by Gasteiger charge is 2.18. The molecule has 0 spiro atoms. The minimum absolute atomic E-state index is 0.0775. The summed E-state index contributed by atoms with van der Waals surface area (Å²) in [5.41, 5.74) is 1.60. The molecular formula is C13H13ClN2O3S. The Balaban J connectivity index is 2.37. The van der Waals surface area contributed by atoms with Gasteiger partial charge in [0.05, 0.1) is 23.5 Å². The maximum atomic E-state index is 12.3. The Hall–Kier alpha value is -1.63. The second kappa shape index (κ2) is 5.78. The zero-order chi connectivity index (χ0) is 14.8. The van der Waals surface area contributed by atoms with Gasteiger partial charge < -0.3 is 5.11 Å². The van der Waals surface area contributed by atoms with Crippen LogP contribution in [0.4, 0.5) is 5.69 Å². The van der Waals surface area contributed by atoms with Gasteiger partial charge >= 0.3 is 0 Å². The van der Waals surface area contributed by atoms with Crippen molar-refractivity contribution in [2.75, 3.05) is 4.72 Å². The Kier molecular flexibility index (Phi) is 4.27. The van der Waals surface area contributed by atoms with Gasteiger partial charge in [0.25, 0.3) is 10.0 Å². The van der Waals surface area contributed by atoms with Crippen molar-refractivity contribution in [2.45, 2.75) is 18.4 Å². The number of aliphatic hydroxyl groups is 1. The van der Waals surface area contributed by atoms with Gasteiger partial charge in [0.1, 0.15) is 4.90 Å². The predicted molar refractivity (Wildman–Crippen MR) is 77.2 cm³/mol. The predicted octanol–water partition coefficient (Wildman–Crippen LogP) is 2.34. The van der Waals surface area contributed by atoms with Crippen molar-refractivity contribution in [3.63, 3.8) is 0 Å². The topological polar surface area (TPSA) is 79.3 Å². The van der Waals surface area contributed by atoms with E-state index >= 15 is 0 Å². The molecule has 0 aliphatic heterocycles. The number of anilines is 1. The molecule has 0 saturated carbocycles. The lowest BCUT2D eigenvalue weighted by atomic mass is 10.2. The molecule has 0 aliphatic carbocycles. The maximum absolute atomic E-state index is 12.3. The highest BCUT2D eigenvalue weighted by molar-refractivity contribution is 7.92. The van der Waals surface area contributed by atoms with E-state index in [-0.39, 0.29) is 16.5 Å². The molecule has 20 heavy (non-hydrogen) atoms. The number of aryl methyl sites for hydroxylation is 1. The zero-order valence-corrected chi connectivity index (χ0v) is 12.2. The summed E-state index contributed by atoms with van der Waals surface area (Å²) in [6.07, 6.45) is 1.43. The summed E-state index contributed by atoms with van der Waals surface area (Å²) in [7, 11) is -3.82. The first-order valence-corrected chi connectivity index (χ1v) is 7.63. The Bertz CT molecular complexity index is 715. The molecule has 0 amide bonds. The lowest BCUT2D eigenvalue weighted by Crippen LogP contribution is -2.14. The van der Waals surface area contributed by atoms with E-state index in [0.717, 1.165) is 5.69 Å². The highest BCUT2D eigenvalue weighted by Crippen LogP contribution is 2.25. The fourth-order valence-electron chi connectivity index (χ4n) is 1.59. The van der Waals surface area contributed by atoms with Crippen LogP contribution in [0.3, 0.4) is 0 Å². The van der Waals surface area contributed by atoms with Crippen molar-refractivity contribution in [3.05, 3.63) is 52.8 Å². The van der Waals surface area contributed by atoms with Crippen molar-refractivity contribution in [1.29, 1.82) is 0 Å². The minimum atomic E-state index is -3.82. The summed E-state index contributed by atoms with van der Waals surface area (Å²) < 4.78 is 26.9. The molecule has 0 saturated heterocycles. The van der Waals surface area contributed by atoms with Crippen molar-refractivity contribution in [2.24, 2.45) is 0 Å². The van der Waals surface area contributed by atoms with Gasteiger partial charge in [0.2, 0.25) is 0 Å². The average molecular weight is 313 g/mol. The molecule has 1 heterocycles. The summed E-state index contributed by atoms with van der Waals surface area (Å²) in [5, 5.41) is 9.16. The fourth-order valence-corrected chi connectivity index (χ4v) is 3.18. The molecule has 1 aromatic carbocycles. The smallest absolute Gasteiger partial charge is 0.263 e. The number of hydrogen-bond donors (Lipinski definition) is 2. The number of nitrogens with one attached hydrogen (secondary N) is 1. The Morgan fingerprint density at radius 2 is 2.05 bits per heavy atom. The number of pyridine rings is 1. The Labute approximate surface area is 122 Å². The lowest BCUT2D eigenvalue weighted by molar-refractivity contribution is 0.281. The van der Waals surface area contributed by atoms with Crippen molar-refractivity contribution in [1.82, 2.24) is 4.98 Å². The van der Waals surface area contributed by atoms with Gasteiger partial charge in [0.15, 0.2) is 0 Å². The highest BCUT2D eigenvalue weighted by atomic mass is 35.5. The minimum Gasteiger partial charge on any atom is -0.392 e. The summed E-state index contributed by atoms with van der Waals surface area (Å²) in [6.45, 7) is 1.55. The standard InChI is InChI=1S/C13H13ClN2O3S/c1-9-2-4-11(7-15-9)16-20(18,19)13-6-10(8-17)3-5-12(13)14/h2-7,16-17H,8H2,1H3. The van der Waals surface area contributed by atoms with Gasteiger partial charge in [0, 0.05) is 5.69 Å². The van der Waals surface area contributed by atoms with Gasteiger partial charge in [-0.05, 0) is 36.8 Å². The van der Waals surface area contributed by atoms with Crippen LogP contribution < -0.4 is 4.72 Å². The third-order valence-corrected chi connectivity index (χ3v) is 4.49. The summed E-state index contributed by atoms with van der Waals surface area (Å²) in [4.78, 5) is 3.94. The van der Waals surface area contributed by atoms with E-state index in [2.05, 4.69) is 9.71 Å². The third kappa shape index (κ3) is 3.27. The third-order valence-electron chi connectivity index (χ3n) is 2.63. The molecule has 7 heteroatoms. The van der Waals surface area contributed by atoms with E-state index in [4.69, 9.17) is 16.7 Å². The number of benzene rings is 1. The average Bonchev–Trinajstić information content (AvgIpc) is 2.41. The van der Waals surface area contributed by atoms with Gasteiger partial charge in [-0.3, -0.25) is 9.71 Å². The van der Waals surface area contributed by atoms with Crippen LogP contribution in [-0.2, 0) is 16.6 Å². The van der Waals surface area contributed by atoms with Gasteiger partial charge in [-0.1, -0.05) is 17.7 Å². The van der Waals surface area contributed by atoms with Crippen LogP contribution in [-0.4, -0.2) is 18.5 Å². The molecule has 0 aliphatic rings. The SMILES string of the molecule is Cc1ccc(NS(=O)(=O)c2cc(CO)ccc2Cl)cn1. The molecular weight excluding hydrogens is 300 g/mol. The molecule has 2 rings (SSSR count). The number of hydrogen-bond acceptors (Lipinski definition) is 4. The number of rotatable bonds is 4. The number of halogens is 1. The molecule has 106 valence electrons. The number of sulfonamides is 1. The molecule has 2 N–H and O–H groups in total. The maximum Gasteiger partial charge on any atom is 0.263 e. The molecule has 2 aromatic rings. The van der Waals surface area contributed by atoms with Gasteiger partial charge in [-0.2, -0.15) is 0 Å². The molecule has 0 fully saturated rings. The normalized spacial score (nSPS) is 11.3. The zero-order valence-electron chi connectivity index (χ0n) is 10.7. The number of nitrogens with zero attached hydrogens (tertiary/aromatic N) is 1. The molecule has 1 aromatic heterocycles. The van der Waals surface area contributed by atoms with Crippen molar-refractivity contribution < 1.29 is 13.5 Å². The van der Waals surface area contributed by atoms with Crippen molar-refractivity contribution >= 4 is 27.3 Å². The molecule has 0 bridgehead atoms. The summed E-state index contributed by atoms with van der Waals surface area (Å²) in [5.74, 6) is 0. The monoisotopic (exact) mass is 312 g/mol. The summed E-state index contributed by atoms with van der Waals surface area (Å²) >= 11 is 5.91. The van der Waals surface area contributed by atoms with Crippen LogP contribution in [0.25, 0.3) is 0 Å². The quantitative estimate of drug-likeness (QED) is 0.908. The largest absolute Gasteiger partial charge is 0.392 e. The second-order valence-corrected chi connectivity index (χ2v) is 6.27. The van der Waals surface area contributed by atoms with E-state index in [1.807, 2.05) is 0 Å². The van der Waals surface area contributed by atoms with E-state index in [0.29, 0.717) is 11.3 Å². The van der Waals surface area contributed by atoms with Crippen LogP contribution in [0.2, 0.25) is 5.02 Å². The van der Waals surface area contributed by atoms with Crippen LogP contribution in [0.15, 0.2) is 41.4 Å². The first-order chi connectivity index (χ1) is 9.42. The molecule has 0 unspecified atom stereocenters. The van der Waals surface area contributed by atoms with Crippen molar-refractivity contribution in [3.8, 4) is 0 Å². The second-order valence-electron chi connectivity index (χ2n) is 4.22. The van der Waals surface area contributed by atoms with Crippen LogP contribution in [0.5, 0.6) is 0 Å². The Morgan fingerprint density at radius 3 is 2.65 bits per heavy atom. The van der Waals surface area contributed by atoms with Crippen LogP contribution in [0.1, 0.15) is 11.3 Å². The number of aliphatic hydroxyl groups excluding tert-OH is 1. The first-order valence-electron chi connectivity index (χ1n) is 5.77. The lowest BCUT2D eigenvalue weighted by Gasteiger charge is -2.10. The van der Waals surface area contributed by atoms with Gasteiger partial charge in [-0.15, -0.1) is 0 Å². The van der Waals surface area contributed by atoms with E-state index in [1.54, 1.807) is 25.1 Å². The molecule has 0 atom stereocenters. The fraction of sp³-hybridized carbons (Fsp3) is 0.154. The van der Waals surface area contributed by atoms with E-state index in [1.165, 1.54) is 18.3 Å². The molecule has 5 nitrogen and oxygen atoms in total. The summed E-state index contributed by atoms with van der Waals surface area (Å²) in [6, 6.07) is 7.66. The first kappa shape index (κ1) is 14.8. The van der Waals surface area contributed by atoms with E-state index in [9.17, 15) is 8.42 Å². The van der Waals surface area contributed by atoms with Crippen LogP contribution in [0, 0.1) is 6.92 Å². The van der Waals surface area contributed by atoms with Crippen LogP contribution >= 0.6 is 11.6 Å². The molecule has 0 radical (unpaired) electrons. The Morgan fingerprint density at radius 1 is 1.30 bits per heavy atom. The number of aromatic nitrogens is 1. The van der Waals surface area contributed by atoms with E-state index < -0.39 is 10.0 Å². The van der Waals surface area contributed by atoms with Gasteiger partial charge in [-0.25, -0.2) is 8.42 Å².